The van der Waals surface area contributed by atoms with Gasteiger partial charge in [-0.2, -0.15) is 0 Å². The third-order valence-electron chi connectivity index (χ3n) is 6.89. The first kappa shape index (κ1) is 23.8. The Labute approximate surface area is 199 Å². The summed E-state index contributed by atoms with van der Waals surface area (Å²) in [4.78, 5) is 37.3. The second-order valence-corrected chi connectivity index (χ2v) is 10.3. The molecule has 2 aromatic rings. The highest BCUT2D eigenvalue weighted by Gasteiger charge is 2.39. The molecule has 1 fully saturated rings. The first-order chi connectivity index (χ1) is 16.2. The summed E-state index contributed by atoms with van der Waals surface area (Å²) in [5.74, 6) is -1.97. The fourth-order valence-corrected chi connectivity index (χ4v) is 5.13. The molecule has 2 aliphatic rings. The molecule has 3 N–H and O–H groups in total. The van der Waals surface area contributed by atoms with Gasteiger partial charge >= 0.3 is 12.1 Å². The zero-order valence-electron chi connectivity index (χ0n) is 19.8. The van der Waals surface area contributed by atoms with E-state index < -0.39 is 35.5 Å². The van der Waals surface area contributed by atoms with Crippen molar-refractivity contribution < 1.29 is 24.2 Å². The minimum atomic E-state index is -0.903. The Morgan fingerprint density at radius 3 is 2.15 bits per heavy atom. The van der Waals surface area contributed by atoms with Crippen molar-refractivity contribution in [1.29, 1.82) is 0 Å². The number of nitrogens with one attached hydrogen (secondary N) is 2. The molecule has 0 aliphatic heterocycles. The Bertz CT molecular complexity index is 1040. The number of ether oxygens (including phenoxy) is 1. The molecule has 2 amide bonds. The molecule has 2 aromatic carbocycles. The minimum Gasteiger partial charge on any atom is -0.481 e. The Balaban J connectivity index is 1.42. The summed E-state index contributed by atoms with van der Waals surface area (Å²) in [5, 5.41) is 15.0. The number of benzene rings is 2. The monoisotopic (exact) mass is 464 g/mol. The number of carboxylic acid groups (broad SMARTS) is 1. The van der Waals surface area contributed by atoms with Gasteiger partial charge in [0, 0.05) is 12.0 Å². The fourth-order valence-electron chi connectivity index (χ4n) is 5.13. The molecular weight excluding hydrogens is 432 g/mol. The van der Waals surface area contributed by atoms with Crippen LogP contribution in [-0.4, -0.2) is 41.8 Å². The van der Waals surface area contributed by atoms with Crippen LogP contribution in [0.2, 0.25) is 0 Å². The van der Waals surface area contributed by atoms with Crippen LogP contribution in [0.3, 0.4) is 0 Å². The van der Waals surface area contributed by atoms with Crippen molar-refractivity contribution >= 4 is 18.0 Å². The molecule has 7 nitrogen and oxygen atoms in total. The summed E-state index contributed by atoms with van der Waals surface area (Å²) in [6.45, 7) is 5.71. The van der Waals surface area contributed by atoms with Gasteiger partial charge in [-0.25, -0.2) is 4.79 Å². The van der Waals surface area contributed by atoms with Crippen LogP contribution in [0.1, 0.15) is 57.1 Å². The lowest BCUT2D eigenvalue weighted by molar-refractivity contribution is -0.142. The number of aliphatic carboxylic acids is 1. The van der Waals surface area contributed by atoms with Gasteiger partial charge in [-0.3, -0.25) is 9.59 Å². The molecule has 0 radical (unpaired) electrons. The summed E-state index contributed by atoms with van der Waals surface area (Å²) in [7, 11) is 0. The molecule has 0 bridgehead atoms. The fraction of sp³-hybridized carbons (Fsp3) is 0.444. The maximum absolute atomic E-state index is 13.1. The molecule has 34 heavy (non-hydrogen) atoms. The van der Waals surface area contributed by atoms with Crippen LogP contribution in [0.5, 0.6) is 0 Å². The molecule has 3 unspecified atom stereocenters. The Morgan fingerprint density at radius 2 is 1.59 bits per heavy atom. The van der Waals surface area contributed by atoms with Crippen LogP contribution in [0.25, 0.3) is 11.1 Å². The average Bonchev–Trinajstić information content (AvgIpc) is 3.38. The molecule has 0 heterocycles. The van der Waals surface area contributed by atoms with E-state index in [2.05, 4.69) is 22.8 Å². The largest absolute Gasteiger partial charge is 0.481 e. The van der Waals surface area contributed by atoms with E-state index in [0.717, 1.165) is 28.7 Å². The van der Waals surface area contributed by atoms with Crippen LogP contribution < -0.4 is 10.6 Å². The third kappa shape index (κ3) is 4.79. The smallest absolute Gasteiger partial charge is 0.407 e. The zero-order chi connectivity index (χ0) is 24.5. The molecule has 0 spiro atoms. The van der Waals surface area contributed by atoms with E-state index in [-0.39, 0.29) is 18.4 Å². The van der Waals surface area contributed by atoms with Crippen molar-refractivity contribution in [2.75, 3.05) is 6.61 Å². The minimum absolute atomic E-state index is 0.0742. The van der Waals surface area contributed by atoms with Gasteiger partial charge in [-0.15, -0.1) is 0 Å². The quantitative estimate of drug-likeness (QED) is 0.591. The van der Waals surface area contributed by atoms with E-state index in [9.17, 15) is 19.5 Å². The molecule has 4 rings (SSSR count). The SMILES string of the molecule is CC(C)(C)C(NC(=O)OCC1c2ccccc2-c2ccccc21)C(=O)NC1CCCC1C(=O)O. The van der Waals surface area contributed by atoms with Crippen LogP contribution >= 0.6 is 0 Å². The van der Waals surface area contributed by atoms with Gasteiger partial charge in [0.2, 0.25) is 5.91 Å². The van der Waals surface area contributed by atoms with Crippen LogP contribution in [0.15, 0.2) is 48.5 Å². The highest BCUT2D eigenvalue weighted by atomic mass is 16.5. The number of hydrogen-bond donors (Lipinski definition) is 3. The van der Waals surface area contributed by atoms with Gasteiger partial charge in [0.25, 0.3) is 0 Å². The number of amides is 2. The van der Waals surface area contributed by atoms with E-state index >= 15 is 0 Å². The average molecular weight is 465 g/mol. The number of rotatable bonds is 6. The van der Waals surface area contributed by atoms with Gasteiger partial charge in [0.15, 0.2) is 0 Å². The second kappa shape index (κ2) is 9.49. The summed E-state index contributed by atoms with van der Waals surface area (Å²) in [5.41, 5.74) is 3.92. The van der Waals surface area contributed by atoms with E-state index in [1.54, 1.807) is 0 Å². The molecule has 0 aromatic heterocycles. The lowest BCUT2D eigenvalue weighted by Gasteiger charge is -2.31. The predicted molar refractivity (Wildman–Crippen MR) is 128 cm³/mol. The molecular formula is C27H32N2O5. The standard InChI is InChI=1S/C27H32N2O5/c1-27(2,3)23(24(30)28-22-14-8-13-20(22)25(31)32)29-26(33)34-15-21-18-11-6-4-9-16(18)17-10-5-7-12-19(17)21/h4-7,9-12,20-23H,8,13-15H2,1-3H3,(H,28,30)(H,29,33)(H,31,32). The first-order valence-corrected chi connectivity index (χ1v) is 11.8. The van der Waals surface area contributed by atoms with Crippen molar-refractivity contribution in [1.82, 2.24) is 10.6 Å². The van der Waals surface area contributed by atoms with Crippen molar-refractivity contribution in [3.05, 3.63) is 59.7 Å². The van der Waals surface area contributed by atoms with Gasteiger partial charge < -0.3 is 20.5 Å². The van der Waals surface area contributed by atoms with Crippen molar-refractivity contribution in [2.24, 2.45) is 11.3 Å². The number of carboxylic acids is 1. The number of carbonyl (C=O) groups is 3. The van der Waals surface area contributed by atoms with Crippen molar-refractivity contribution in [3.8, 4) is 11.1 Å². The highest BCUT2D eigenvalue weighted by Crippen LogP contribution is 2.44. The van der Waals surface area contributed by atoms with Crippen LogP contribution in [0, 0.1) is 11.3 Å². The van der Waals surface area contributed by atoms with Crippen molar-refractivity contribution in [3.63, 3.8) is 0 Å². The third-order valence-corrected chi connectivity index (χ3v) is 6.89. The van der Waals surface area contributed by atoms with Gasteiger partial charge in [-0.1, -0.05) is 75.7 Å². The van der Waals surface area contributed by atoms with Crippen LogP contribution in [0.4, 0.5) is 4.79 Å². The highest BCUT2D eigenvalue weighted by molar-refractivity contribution is 5.87. The van der Waals surface area contributed by atoms with E-state index in [4.69, 9.17) is 4.74 Å². The zero-order valence-corrected chi connectivity index (χ0v) is 19.8. The predicted octanol–water partition coefficient (Wildman–Crippen LogP) is 4.31. The van der Waals surface area contributed by atoms with Gasteiger partial charge in [-0.05, 0) is 40.5 Å². The van der Waals surface area contributed by atoms with Gasteiger partial charge in [0.05, 0.1) is 5.92 Å². The Hall–Kier alpha value is -3.35. The number of alkyl carbamates (subject to hydrolysis) is 1. The number of hydrogen-bond acceptors (Lipinski definition) is 4. The lowest BCUT2D eigenvalue weighted by atomic mass is 9.86. The summed E-state index contributed by atoms with van der Waals surface area (Å²) in [6.07, 6.45) is 1.24. The molecule has 180 valence electrons. The topological polar surface area (TPSA) is 105 Å². The maximum atomic E-state index is 13.1. The molecule has 3 atom stereocenters. The van der Waals surface area contributed by atoms with Gasteiger partial charge in [0.1, 0.15) is 12.6 Å². The number of carbonyl (C=O) groups excluding carboxylic acids is 2. The van der Waals surface area contributed by atoms with E-state index in [1.165, 1.54) is 0 Å². The normalized spacial score (nSPS) is 20.2. The number of fused-ring (bicyclic) bond motifs is 3. The second-order valence-electron chi connectivity index (χ2n) is 10.3. The van der Waals surface area contributed by atoms with Crippen molar-refractivity contribution in [2.45, 2.75) is 58.0 Å². The molecule has 0 saturated heterocycles. The summed E-state index contributed by atoms with van der Waals surface area (Å²) < 4.78 is 5.62. The molecule has 7 heteroatoms. The first-order valence-electron chi connectivity index (χ1n) is 11.8. The molecule has 2 aliphatic carbocycles. The van der Waals surface area contributed by atoms with E-state index in [0.29, 0.717) is 12.8 Å². The van der Waals surface area contributed by atoms with E-state index in [1.807, 2.05) is 57.2 Å². The van der Waals surface area contributed by atoms with Crippen LogP contribution in [-0.2, 0) is 14.3 Å². The summed E-state index contributed by atoms with van der Waals surface area (Å²) in [6, 6.07) is 14.9. The Kier molecular flexibility index (Phi) is 6.64. The Morgan fingerprint density at radius 1 is 1.00 bits per heavy atom. The summed E-state index contributed by atoms with van der Waals surface area (Å²) >= 11 is 0. The lowest BCUT2D eigenvalue weighted by Crippen LogP contribution is -2.56. The maximum Gasteiger partial charge on any atom is 0.407 e. The molecule has 1 saturated carbocycles.